The molecular weight excluding hydrogens is 368 g/mol. The van der Waals surface area contributed by atoms with Crippen LogP contribution in [0.1, 0.15) is 44.3 Å². The molecule has 1 aromatic carbocycles. The molecule has 0 radical (unpaired) electrons. The Balaban J connectivity index is 1.34. The van der Waals surface area contributed by atoms with E-state index in [0.717, 1.165) is 22.3 Å². The van der Waals surface area contributed by atoms with Crippen molar-refractivity contribution in [3.05, 3.63) is 30.1 Å². The third kappa shape index (κ3) is 4.60. The summed E-state index contributed by atoms with van der Waals surface area (Å²) < 4.78 is 10.7. The number of H-pyrrole nitrogens is 1. The number of likely N-dealkylation sites (N-methyl/N-ethyl adjacent to an activating group) is 1. The Morgan fingerprint density at radius 2 is 2.10 bits per heavy atom. The summed E-state index contributed by atoms with van der Waals surface area (Å²) in [6, 6.07) is 7.81. The van der Waals surface area contributed by atoms with Crippen LogP contribution in [0.3, 0.4) is 0 Å². The smallest absolute Gasteiger partial charge is 0.274 e. The maximum atomic E-state index is 12.5. The molecule has 0 atom stereocenters. The average Bonchev–Trinajstić information content (AvgIpc) is 3.38. The van der Waals surface area contributed by atoms with E-state index in [2.05, 4.69) is 15.1 Å². The molecule has 2 aromatic heterocycles. The van der Waals surface area contributed by atoms with Crippen LogP contribution in [0.15, 0.2) is 28.8 Å². The molecule has 0 saturated heterocycles. The quantitative estimate of drug-likeness (QED) is 0.647. The Morgan fingerprint density at radius 1 is 1.28 bits per heavy atom. The van der Waals surface area contributed by atoms with Gasteiger partial charge < -0.3 is 19.1 Å². The van der Waals surface area contributed by atoms with Gasteiger partial charge in [0.25, 0.3) is 5.89 Å². The molecule has 1 amide bonds. The summed E-state index contributed by atoms with van der Waals surface area (Å²) in [6.45, 7) is 0.592. The Morgan fingerprint density at radius 3 is 2.90 bits per heavy atom. The number of aromatic amines is 1. The molecule has 29 heavy (non-hydrogen) atoms. The summed E-state index contributed by atoms with van der Waals surface area (Å²) in [4.78, 5) is 22.0. The third-order valence-electron chi connectivity index (χ3n) is 5.81. The number of hydrogen-bond donors (Lipinski definition) is 1. The first kappa shape index (κ1) is 19.5. The van der Waals surface area contributed by atoms with E-state index in [0.29, 0.717) is 37.0 Å². The van der Waals surface area contributed by atoms with Crippen LogP contribution in [-0.2, 0) is 11.2 Å². The second-order valence-corrected chi connectivity index (χ2v) is 7.93. The van der Waals surface area contributed by atoms with E-state index in [1.165, 1.54) is 32.1 Å². The number of nitrogens with one attached hydrogen (secondary N) is 1. The number of nitrogens with zero attached hydrogens (tertiary/aromatic N) is 3. The molecule has 7 nitrogen and oxygen atoms in total. The van der Waals surface area contributed by atoms with Gasteiger partial charge in [-0.3, -0.25) is 4.79 Å². The number of methoxy groups -OCH3 is 1. The molecule has 1 N–H and O–H groups in total. The second kappa shape index (κ2) is 8.68. The van der Waals surface area contributed by atoms with Crippen LogP contribution in [0.2, 0.25) is 0 Å². The van der Waals surface area contributed by atoms with Crippen molar-refractivity contribution in [1.29, 1.82) is 0 Å². The molecular formula is C22H28N4O3. The molecule has 0 aliphatic heterocycles. The zero-order valence-electron chi connectivity index (χ0n) is 17.1. The van der Waals surface area contributed by atoms with Crippen LogP contribution in [0.5, 0.6) is 5.75 Å². The number of aromatic nitrogens is 3. The molecule has 1 aliphatic carbocycles. The summed E-state index contributed by atoms with van der Waals surface area (Å²) in [6.07, 6.45) is 7.43. The van der Waals surface area contributed by atoms with Crippen LogP contribution in [0.25, 0.3) is 22.5 Å². The second-order valence-electron chi connectivity index (χ2n) is 7.93. The molecule has 1 fully saturated rings. The molecule has 2 heterocycles. The predicted octanol–water partition coefficient (Wildman–Crippen LogP) is 4.20. The minimum Gasteiger partial charge on any atom is -0.497 e. The van der Waals surface area contributed by atoms with Crippen LogP contribution in [0, 0.1) is 5.92 Å². The highest BCUT2D eigenvalue weighted by atomic mass is 16.5. The first-order chi connectivity index (χ1) is 14.1. The number of benzene rings is 1. The van der Waals surface area contributed by atoms with E-state index < -0.39 is 0 Å². The van der Waals surface area contributed by atoms with Gasteiger partial charge >= 0.3 is 0 Å². The highest BCUT2D eigenvalue weighted by Gasteiger charge is 2.20. The summed E-state index contributed by atoms with van der Waals surface area (Å²) in [7, 11) is 3.50. The Labute approximate surface area is 170 Å². The standard InChI is InChI=1S/C22H28N4O3/c1-26(21(27)12-15-6-4-3-5-7-15)11-10-20-24-22(29-25-20)19-13-16-8-9-17(28-2)14-18(16)23-19/h8-9,13-15,23H,3-7,10-12H2,1-2H3. The number of carbonyl (C=O) groups is 1. The molecule has 0 bridgehead atoms. The number of amides is 1. The van der Waals surface area contributed by atoms with Crippen LogP contribution in [0.4, 0.5) is 0 Å². The van der Waals surface area contributed by atoms with Gasteiger partial charge in [0.1, 0.15) is 11.4 Å². The van der Waals surface area contributed by atoms with E-state index in [-0.39, 0.29) is 5.91 Å². The number of fused-ring (bicyclic) bond motifs is 1. The Kier molecular flexibility index (Phi) is 5.83. The zero-order valence-corrected chi connectivity index (χ0v) is 17.1. The van der Waals surface area contributed by atoms with E-state index in [4.69, 9.17) is 9.26 Å². The van der Waals surface area contributed by atoms with Gasteiger partial charge in [-0.2, -0.15) is 4.98 Å². The van der Waals surface area contributed by atoms with E-state index in [1.54, 1.807) is 12.0 Å². The zero-order chi connectivity index (χ0) is 20.2. The molecule has 1 saturated carbocycles. The largest absolute Gasteiger partial charge is 0.497 e. The van der Waals surface area contributed by atoms with E-state index >= 15 is 0 Å². The highest BCUT2D eigenvalue weighted by molar-refractivity contribution is 5.85. The summed E-state index contributed by atoms with van der Waals surface area (Å²) >= 11 is 0. The topological polar surface area (TPSA) is 84.2 Å². The maximum Gasteiger partial charge on any atom is 0.274 e. The number of carbonyl (C=O) groups excluding carboxylic acids is 1. The Bertz CT molecular complexity index is 972. The van der Waals surface area contributed by atoms with Crippen molar-refractivity contribution >= 4 is 16.8 Å². The van der Waals surface area contributed by atoms with Crippen LogP contribution < -0.4 is 4.74 Å². The van der Waals surface area contributed by atoms with Crippen molar-refractivity contribution in [3.63, 3.8) is 0 Å². The molecule has 0 spiro atoms. The lowest BCUT2D eigenvalue weighted by Crippen LogP contribution is -2.31. The fourth-order valence-electron chi connectivity index (χ4n) is 4.00. The lowest BCUT2D eigenvalue weighted by Gasteiger charge is -2.24. The lowest BCUT2D eigenvalue weighted by molar-refractivity contribution is -0.131. The van der Waals surface area contributed by atoms with E-state index in [9.17, 15) is 4.79 Å². The normalized spacial score (nSPS) is 15.0. The predicted molar refractivity (Wildman–Crippen MR) is 111 cm³/mol. The lowest BCUT2D eigenvalue weighted by atomic mass is 9.87. The molecule has 4 rings (SSSR count). The molecule has 7 heteroatoms. The fraction of sp³-hybridized carbons (Fsp3) is 0.500. The van der Waals surface area contributed by atoms with Crippen molar-refractivity contribution in [2.45, 2.75) is 44.9 Å². The summed E-state index contributed by atoms with van der Waals surface area (Å²) in [5.41, 5.74) is 1.72. The Hall–Kier alpha value is -2.83. The summed E-state index contributed by atoms with van der Waals surface area (Å²) in [5, 5.41) is 5.12. The van der Waals surface area contributed by atoms with Gasteiger partial charge in [-0.05, 0) is 37.0 Å². The van der Waals surface area contributed by atoms with Crippen molar-refractivity contribution in [2.24, 2.45) is 5.92 Å². The van der Waals surface area contributed by atoms with Gasteiger partial charge in [-0.15, -0.1) is 0 Å². The minimum atomic E-state index is 0.213. The number of ether oxygens (including phenoxy) is 1. The van der Waals surface area contributed by atoms with Gasteiger partial charge in [0.15, 0.2) is 5.82 Å². The SMILES string of the molecule is COc1ccc2cc(-c3nc(CCN(C)C(=O)CC4CCCCC4)no3)[nH]c2c1. The van der Waals surface area contributed by atoms with Crippen LogP contribution >= 0.6 is 0 Å². The third-order valence-corrected chi connectivity index (χ3v) is 5.81. The monoisotopic (exact) mass is 396 g/mol. The molecule has 1 aliphatic rings. The van der Waals surface area contributed by atoms with Gasteiger partial charge in [-0.1, -0.05) is 24.4 Å². The number of rotatable bonds is 7. The van der Waals surface area contributed by atoms with Gasteiger partial charge in [0, 0.05) is 43.4 Å². The van der Waals surface area contributed by atoms with Crippen molar-refractivity contribution < 1.29 is 14.1 Å². The number of hydrogen-bond acceptors (Lipinski definition) is 5. The first-order valence-corrected chi connectivity index (χ1v) is 10.4. The van der Waals surface area contributed by atoms with E-state index in [1.807, 2.05) is 31.3 Å². The van der Waals surface area contributed by atoms with Crippen molar-refractivity contribution in [1.82, 2.24) is 20.0 Å². The van der Waals surface area contributed by atoms with Crippen LogP contribution in [-0.4, -0.2) is 46.6 Å². The molecule has 0 unspecified atom stereocenters. The minimum absolute atomic E-state index is 0.213. The molecule has 154 valence electrons. The highest BCUT2D eigenvalue weighted by Crippen LogP contribution is 2.27. The van der Waals surface area contributed by atoms with Crippen molar-refractivity contribution in [3.8, 4) is 17.3 Å². The maximum absolute atomic E-state index is 12.5. The molecule has 3 aromatic rings. The summed E-state index contributed by atoms with van der Waals surface area (Å²) in [5.74, 6) is 2.61. The average molecular weight is 396 g/mol. The van der Waals surface area contributed by atoms with Gasteiger partial charge in [0.05, 0.1) is 7.11 Å². The first-order valence-electron chi connectivity index (χ1n) is 10.4. The van der Waals surface area contributed by atoms with Crippen molar-refractivity contribution in [2.75, 3.05) is 20.7 Å². The fourth-order valence-corrected chi connectivity index (χ4v) is 4.00. The van der Waals surface area contributed by atoms with Gasteiger partial charge in [0.2, 0.25) is 5.91 Å². The van der Waals surface area contributed by atoms with Gasteiger partial charge in [-0.25, -0.2) is 0 Å².